The molecule has 1 aliphatic rings. The van der Waals surface area contributed by atoms with Gasteiger partial charge in [-0.3, -0.25) is 0 Å². The second-order valence-electron chi connectivity index (χ2n) is 5.94. The van der Waals surface area contributed by atoms with Gasteiger partial charge in [0.25, 0.3) is 0 Å². The molecule has 0 fully saturated rings. The van der Waals surface area contributed by atoms with Crippen molar-refractivity contribution < 1.29 is 9.84 Å². The van der Waals surface area contributed by atoms with Crippen LogP contribution in [0.25, 0.3) is 0 Å². The van der Waals surface area contributed by atoms with Crippen molar-refractivity contribution in [3.63, 3.8) is 0 Å². The van der Waals surface area contributed by atoms with Crippen molar-refractivity contribution in [3.8, 4) is 5.75 Å². The van der Waals surface area contributed by atoms with Crippen LogP contribution in [-0.4, -0.2) is 12.2 Å². The minimum atomic E-state index is -0.594. The Hall–Kier alpha value is -2.00. The number of benzene rings is 2. The van der Waals surface area contributed by atoms with Gasteiger partial charge < -0.3 is 14.7 Å². The van der Waals surface area contributed by atoms with Gasteiger partial charge in [0.2, 0.25) is 0 Å². The Bertz CT molecular complexity index is 638. The van der Waals surface area contributed by atoms with E-state index < -0.39 is 6.23 Å². The average molecular weight is 297 g/mol. The van der Waals surface area contributed by atoms with E-state index in [1.165, 1.54) is 5.56 Å². The van der Waals surface area contributed by atoms with Crippen LogP contribution in [0, 0.1) is 5.92 Å². The lowest BCUT2D eigenvalue weighted by molar-refractivity contribution is 0.168. The van der Waals surface area contributed by atoms with Gasteiger partial charge in [-0.1, -0.05) is 44.5 Å². The fraction of sp³-hybridized carbons (Fsp3) is 0.368. The topological polar surface area (TPSA) is 32.7 Å². The lowest BCUT2D eigenvalue weighted by Gasteiger charge is -2.33. The maximum absolute atomic E-state index is 10.8. The zero-order valence-corrected chi connectivity index (χ0v) is 13.4. The number of hydrogen-bond donors (Lipinski definition) is 1. The molecule has 0 saturated heterocycles. The molecule has 0 amide bonds. The van der Waals surface area contributed by atoms with Crippen LogP contribution in [0.2, 0.25) is 0 Å². The van der Waals surface area contributed by atoms with Crippen molar-refractivity contribution in [2.45, 2.75) is 32.5 Å². The first-order chi connectivity index (χ1) is 10.7. The molecule has 22 heavy (non-hydrogen) atoms. The summed E-state index contributed by atoms with van der Waals surface area (Å²) in [6.07, 6.45) is 0.474. The van der Waals surface area contributed by atoms with Gasteiger partial charge >= 0.3 is 0 Å². The lowest BCUT2D eigenvalue weighted by atomic mass is 9.92. The molecule has 0 spiro atoms. The van der Waals surface area contributed by atoms with Crippen LogP contribution in [0.1, 0.15) is 43.7 Å². The molecular formula is C19H23NO2. The quantitative estimate of drug-likeness (QED) is 0.913. The van der Waals surface area contributed by atoms with E-state index in [2.05, 4.69) is 30.9 Å². The first-order valence-corrected chi connectivity index (χ1v) is 7.86. The van der Waals surface area contributed by atoms with Gasteiger partial charge in [0.1, 0.15) is 5.75 Å². The number of aliphatic hydroxyl groups is 1. The number of aliphatic hydroxyl groups excluding tert-OH is 1. The Balaban J connectivity index is 2.05. The van der Waals surface area contributed by atoms with Crippen molar-refractivity contribution in [2.75, 3.05) is 12.0 Å². The van der Waals surface area contributed by atoms with Crippen LogP contribution in [0.15, 0.2) is 48.5 Å². The summed E-state index contributed by atoms with van der Waals surface area (Å²) in [6.45, 7) is 4.44. The molecule has 1 heterocycles. The number of anilines is 1. The standard InChI is InChI=1S/C19H23NO2/c1-4-13(2)18-16-7-5-6-8-17(16)19(21)20(18)14-9-11-15(22-3)12-10-14/h5-13,18-19,21H,4H2,1-3H3. The van der Waals surface area contributed by atoms with Crippen molar-refractivity contribution in [2.24, 2.45) is 5.92 Å². The SMILES string of the molecule is CCC(C)C1c2ccccc2C(O)N1c1ccc(OC)cc1. The summed E-state index contributed by atoms with van der Waals surface area (Å²) >= 11 is 0. The Labute approximate surface area is 132 Å². The van der Waals surface area contributed by atoms with Crippen molar-refractivity contribution >= 4 is 5.69 Å². The van der Waals surface area contributed by atoms with E-state index in [-0.39, 0.29) is 6.04 Å². The van der Waals surface area contributed by atoms with Crippen molar-refractivity contribution in [3.05, 3.63) is 59.7 Å². The van der Waals surface area contributed by atoms with Gasteiger partial charge in [-0.25, -0.2) is 0 Å². The van der Waals surface area contributed by atoms with E-state index in [4.69, 9.17) is 4.74 Å². The minimum Gasteiger partial charge on any atom is -0.497 e. The predicted octanol–water partition coefficient (Wildman–Crippen LogP) is 4.29. The molecule has 2 aromatic carbocycles. The number of fused-ring (bicyclic) bond motifs is 1. The average Bonchev–Trinajstić information content (AvgIpc) is 2.87. The van der Waals surface area contributed by atoms with Crippen molar-refractivity contribution in [1.82, 2.24) is 0 Å². The molecule has 2 aromatic rings. The smallest absolute Gasteiger partial charge is 0.154 e. The van der Waals surface area contributed by atoms with E-state index in [9.17, 15) is 5.11 Å². The molecule has 3 nitrogen and oxygen atoms in total. The summed E-state index contributed by atoms with van der Waals surface area (Å²) in [5, 5.41) is 10.8. The molecule has 3 unspecified atom stereocenters. The van der Waals surface area contributed by atoms with Crippen LogP contribution >= 0.6 is 0 Å². The van der Waals surface area contributed by atoms with Crippen LogP contribution in [0.3, 0.4) is 0 Å². The fourth-order valence-corrected chi connectivity index (χ4v) is 3.33. The third-order valence-corrected chi connectivity index (χ3v) is 4.71. The lowest BCUT2D eigenvalue weighted by Crippen LogP contribution is -2.29. The third-order valence-electron chi connectivity index (χ3n) is 4.71. The molecule has 0 radical (unpaired) electrons. The first-order valence-electron chi connectivity index (χ1n) is 7.86. The Morgan fingerprint density at radius 3 is 2.32 bits per heavy atom. The number of rotatable bonds is 4. The van der Waals surface area contributed by atoms with Gasteiger partial charge in [0, 0.05) is 11.3 Å². The highest BCUT2D eigenvalue weighted by Gasteiger charge is 2.39. The Morgan fingerprint density at radius 1 is 1.09 bits per heavy atom. The fourth-order valence-electron chi connectivity index (χ4n) is 3.33. The second-order valence-corrected chi connectivity index (χ2v) is 5.94. The van der Waals surface area contributed by atoms with Gasteiger partial charge in [-0.15, -0.1) is 0 Å². The van der Waals surface area contributed by atoms with Gasteiger partial charge in [-0.2, -0.15) is 0 Å². The highest BCUT2D eigenvalue weighted by atomic mass is 16.5. The molecule has 0 bridgehead atoms. The predicted molar refractivity (Wildman–Crippen MR) is 89.1 cm³/mol. The zero-order valence-electron chi connectivity index (χ0n) is 13.4. The highest BCUT2D eigenvalue weighted by Crippen LogP contribution is 2.47. The number of methoxy groups -OCH3 is 1. The van der Waals surface area contributed by atoms with Crippen LogP contribution in [0.5, 0.6) is 5.75 Å². The molecule has 0 saturated carbocycles. The van der Waals surface area contributed by atoms with Gasteiger partial charge in [-0.05, 0) is 35.7 Å². The molecule has 3 rings (SSSR count). The maximum Gasteiger partial charge on any atom is 0.154 e. The number of ether oxygens (including phenoxy) is 1. The van der Waals surface area contributed by atoms with Crippen molar-refractivity contribution in [1.29, 1.82) is 0 Å². The summed E-state index contributed by atoms with van der Waals surface area (Å²) in [4.78, 5) is 2.12. The summed E-state index contributed by atoms with van der Waals surface area (Å²) in [6, 6.07) is 16.3. The summed E-state index contributed by atoms with van der Waals surface area (Å²) in [5.41, 5.74) is 3.28. The summed E-state index contributed by atoms with van der Waals surface area (Å²) in [7, 11) is 1.66. The molecular weight excluding hydrogens is 274 g/mol. The molecule has 1 N–H and O–H groups in total. The highest BCUT2D eigenvalue weighted by molar-refractivity contribution is 5.57. The maximum atomic E-state index is 10.8. The van der Waals surface area contributed by atoms with Crippen LogP contribution < -0.4 is 9.64 Å². The van der Waals surface area contributed by atoms with E-state index >= 15 is 0 Å². The summed E-state index contributed by atoms with van der Waals surface area (Å²) in [5.74, 6) is 1.29. The van der Waals surface area contributed by atoms with Gasteiger partial charge in [0.15, 0.2) is 6.23 Å². The Morgan fingerprint density at radius 2 is 1.73 bits per heavy atom. The van der Waals surface area contributed by atoms with Crippen LogP contribution in [0.4, 0.5) is 5.69 Å². The van der Waals surface area contributed by atoms with E-state index in [1.54, 1.807) is 7.11 Å². The first kappa shape index (κ1) is 14.9. The number of nitrogens with zero attached hydrogens (tertiary/aromatic N) is 1. The van der Waals surface area contributed by atoms with Gasteiger partial charge in [0.05, 0.1) is 13.2 Å². The van der Waals surface area contributed by atoms with E-state index in [1.807, 2.05) is 36.4 Å². The minimum absolute atomic E-state index is 0.199. The molecule has 0 aromatic heterocycles. The molecule has 1 aliphatic heterocycles. The summed E-state index contributed by atoms with van der Waals surface area (Å²) < 4.78 is 5.23. The van der Waals surface area contributed by atoms with Crippen LogP contribution in [-0.2, 0) is 0 Å². The normalized spacial score (nSPS) is 21.5. The molecule has 0 aliphatic carbocycles. The molecule has 116 valence electrons. The molecule has 3 atom stereocenters. The third kappa shape index (κ3) is 2.35. The molecule has 3 heteroatoms. The zero-order chi connectivity index (χ0) is 15.7. The van der Waals surface area contributed by atoms with E-state index in [0.29, 0.717) is 5.92 Å². The Kier molecular flexibility index (Phi) is 4.08. The largest absolute Gasteiger partial charge is 0.497 e. The van der Waals surface area contributed by atoms with E-state index in [0.717, 1.165) is 23.4 Å². The monoisotopic (exact) mass is 297 g/mol. The second kappa shape index (κ2) is 6.01. The number of hydrogen-bond acceptors (Lipinski definition) is 3.